The molecule has 1 unspecified atom stereocenters. The van der Waals surface area contributed by atoms with Crippen LogP contribution in [0.15, 0.2) is 71.6 Å². The van der Waals surface area contributed by atoms with Crippen molar-refractivity contribution in [2.24, 2.45) is 0 Å². The maximum Gasteiger partial charge on any atom is 0.240 e. The van der Waals surface area contributed by atoms with Gasteiger partial charge in [0, 0.05) is 4.90 Å². The lowest BCUT2D eigenvalue weighted by atomic mass is 10.00. The van der Waals surface area contributed by atoms with Gasteiger partial charge in [0.05, 0.1) is 17.5 Å². The molecular formula is C22H20N2O2S. The van der Waals surface area contributed by atoms with Gasteiger partial charge in [-0.2, -0.15) is 0 Å². The summed E-state index contributed by atoms with van der Waals surface area (Å²) in [5, 5.41) is 5.32. The Morgan fingerprint density at radius 3 is 2.70 bits per heavy atom. The second-order valence-corrected chi connectivity index (χ2v) is 7.61. The molecule has 27 heavy (non-hydrogen) atoms. The molecular weight excluding hydrogens is 356 g/mol. The fourth-order valence-corrected chi connectivity index (χ4v) is 4.40. The number of benzene rings is 3. The van der Waals surface area contributed by atoms with Crippen LogP contribution < -0.4 is 10.2 Å². The van der Waals surface area contributed by atoms with E-state index in [4.69, 9.17) is 0 Å². The summed E-state index contributed by atoms with van der Waals surface area (Å²) in [6, 6.07) is 21.8. The van der Waals surface area contributed by atoms with E-state index in [1.807, 2.05) is 55.5 Å². The third-order valence-electron chi connectivity index (χ3n) is 4.78. The molecule has 1 N–H and O–H groups in total. The van der Waals surface area contributed by atoms with Gasteiger partial charge in [-0.25, -0.2) is 0 Å². The number of carbonyl (C=O) groups excluding carboxylic acids is 2. The molecule has 0 radical (unpaired) electrons. The van der Waals surface area contributed by atoms with Crippen molar-refractivity contribution in [1.82, 2.24) is 5.32 Å². The molecule has 136 valence electrons. The fraction of sp³-hybridized carbons (Fsp3) is 0.182. The third kappa shape index (κ3) is 3.55. The van der Waals surface area contributed by atoms with Crippen LogP contribution >= 0.6 is 11.8 Å². The second kappa shape index (κ2) is 7.45. The molecule has 0 aromatic heterocycles. The zero-order valence-corrected chi connectivity index (χ0v) is 15.8. The molecule has 1 heterocycles. The van der Waals surface area contributed by atoms with Crippen LogP contribution in [0.25, 0.3) is 10.8 Å². The van der Waals surface area contributed by atoms with Crippen LogP contribution in [-0.2, 0) is 9.59 Å². The van der Waals surface area contributed by atoms with Crippen molar-refractivity contribution in [1.29, 1.82) is 0 Å². The Morgan fingerprint density at radius 1 is 1.07 bits per heavy atom. The normalized spacial score (nSPS) is 14.7. The van der Waals surface area contributed by atoms with Gasteiger partial charge in [0.1, 0.15) is 6.54 Å². The van der Waals surface area contributed by atoms with E-state index in [1.165, 1.54) is 11.8 Å². The topological polar surface area (TPSA) is 49.4 Å². The Morgan fingerprint density at radius 2 is 1.81 bits per heavy atom. The first-order valence-electron chi connectivity index (χ1n) is 8.93. The van der Waals surface area contributed by atoms with E-state index in [0.29, 0.717) is 5.75 Å². The molecule has 0 spiro atoms. The lowest BCUT2D eigenvalue weighted by Gasteiger charge is -2.29. The first-order valence-corrected chi connectivity index (χ1v) is 9.91. The predicted octanol–water partition coefficient (Wildman–Crippen LogP) is 4.16. The van der Waals surface area contributed by atoms with Crippen LogP contribution in [0.1, 0.15) is 18.5 Å². The number of anilines is 1. The molecule has 1 aliphatic rings. The highest BCUT2D eigenvalue weighted by Crippen LogP contribution is 2.34. The van der Waals surface area contributed by atoms with E-state index in [0.717, 1.165) is 26.9 Å². The van der Waals surface area contributed by atoms with Crippen LogP contribution in [0.3, 0.4) is 0 Å². The van der Waals surface area contributed by atoms with Crippen molar-refractivity contribution >= 4 is 40.0 Å². The zero-order chi connectivity index (χ0) is 18.8. The van der Waals surface area contributed by atoms with Gasteiger partial charge in [-0.05, 0) is 35.4 Å². The monoisotopic (exact) mass is 376 g/mol. The molecule has 1 aliphatic heterocycles. The van der Waals surface area contributed by atoms with Crippen molar-refractivity contribution in [3.05, 3.63) is 72.3 Å². The van der Waals surface area contributed by atoms with Gasteiger partial charge in [0.2, 0.25) is 11.8 Å². The molecule has 5 heteroatoms. The smallest absolute Gasteiger partial charge is 0.240 e. The number of nitrogens with one attached hydrogen (secondary N) is 1. The number of para-hydroxylation sites is 1. The van der Waals surface area contributed by atoms with Crippen LogP contribution in [0.4, 0.5) is 5.69 Å². The number of thioether (sulfide) groups is 1. The van der Waals surface area contributed by atoms with Crippen LogP contribution in [0, 0.1) is 0 Å². The summed E-state index contributed by atoms with van der Waals surface area (Å²) in [6.07, 6.45) is 0. The standard InChI is InChI=1S/C22H20N2O2S/c1-15(17-10-6-8-16-7-2-3-9-18(16)17)23-21(25)13-24-19-11-4-5-12-20(19)27-14-22(24)26/h2-12,15H,13-14H2,1H3,(H,23,25). The maximum absolute atomic E-state index is 12.7. The lowest BCUT2D eigenvalue weighted by molar-refractivity contribution is -0.123. The highest BCUT2D eigenvalue weighted by molar-refractivity contribution is 8.00. The van der Waals surface area contributed by atoms with E-state index in [-0.39, 0.29) is 24.4 Å². The number of amides is 2. The predicted molar refractivity (Wildman–Crippen MR) is 110 cm³/mol. The molecule has 2 amide bonds. The summed E-state index contributed by atoms with van der Waals surface area (Å²) in [6.45, 7) is 2.01. The molecule has 0 saturated heterocycles. The SMILES string of the molecule is CC(NC(=O)CN1C(=O)CSc2ccccc21)c1cccc2ccccc12. The first-order chi connectivity index (χ1) is 13.1. The molecule has 0 saturated carbocycles. The Kier molecular flexibility index (Phi) is 4.86. The summed E-state index contributed by atoms with van der Waals surface area (Å²) < 4.78 is 0. The van der Waals surface area contributed by atoms with Gasteiger partial charge in [-0.1, -0.05) is 54.6 Å². The Hall–Kier alpha value is -2.79. The minimum Gasteiger partial charge on any atom is -0.348 e. The van der Waals surface area contributed by atoms with Gasteiger partial charge in [-0.3, -0.25) is 9.59 Å². The lowest BCUT2D eigenvalue weighted by Crippen LogP contribution is -2.43. The largest absolute Gasteiger partial charge is 0.348 e. The Balaban J connectivity index is 1.52. The van der Waals surface area contributed by atoms with E-state index in [2.05, 4.69) is 23.5 Å². The van der Waals surface area contributed by atoms with Gasteiger partial charge < -0.3 is 10.2 Å². The van der Waals surface area contributed by atoms with Crippen LogP contribution in [0.5, 0.6) is 0 Å². The summed E-state index contributed by atoms with van der Waals surface area (Å²) in [5.41, 5.74) is 1.88. The van der Waals surface area contributed by atoms with Gasteiger partial charge in [0.15, 0.2) is 0 Å². The fourth-order valence-electron chi connectivity index (χ4n) is 3.46. The number of carbonyl (C=O) groups is 2. The molecule has 4 rings (SSSR count). The zero-order valence-electron chi connectivity index (χ0n) is 15.0. The Bertz CT molecular complexity index is 1010. The summed E-state index contributed by atoms with van der Waals surface area (Å²) >= 11 is 1.52. The molecule has 1 atom stereocenters. The molecule has 0 bridgehead atoms. The van der Waals surface area contributed by atoms with Gasteiger partial charge in [0.25, 0.3) is 0 Å². The molecule has 0 aliphatic carbocycles. The van der Waals surface area contributed by atoms with Gasteiger partial charge >= 0.3 is 0 Å². The third-order valence-corrected chi connectivity index (χ3v) is 5.82. The molecule has 4 nitrogen and oxygen atoms in total. The summed E-state index contributed by atoms with van der Waals surface area (Å²) in [5.74, 6) is 0.167. The van der Waals surface area contributed by atoms with Crippen molar-refractivity contribution in [2.75, 3.05) is 17.2 Å². The molecule has 3 aromatic carbocycles. The number of nitrogens with zero attached hydrogens (tertiary/aromatic N) is 1. The number of hydrogen-bond donors (Lipinski definition) is 1. The highest BCUT2D eigenvalue weighted by Gasteiger charge is 2.26. The minimum atomic E-state index is -0.162. The van der Waals surface area contributed by atoms with Crippen molar-refractivity contribution in [2.45, 2.75) is 17.9 Å². The van der Waals surface area contributed by atoms with Crippen LogP contribution in [0.2, 0.25) is 0 Å². The molecule has 3 aromatic rings. The summed E-state index contributed by atoms with van der Waals surface area (Å²) in [7, 11) is 0. The quantitative estimate of drug-likeness (QED) is 0.744. The van der Waals surface area contributed by atoms with E-state index >= 15 is 0 Å². The van der Waals surface area contributed by atoms with Crippen molar-refractivity contribution < 1.29 is 9.59 Å². The number of hydrogen-bond acceptors (Lipinski definition) is 3. The van der Waals surface area contributed by atoms with E-state index in [9.17, 15) is 9.59 Å². The minimum absolute atomic E-state index is 0.0332. The second-order valence-electron chi connectivity index (χ2n) is 6.59. The number of fused-ring (bicyclic) bond motifs is 2. The van der Waals surface area contributed by atoms with E-state index in [1.54, 1.807) is 4.90 Å². The average Bonchev–Trinajstić information content (AvgIpc) is 2.69. The first kappa shape index (κ1) is 17.6. The van der Waals surface area contributed by atoms with Crippen molar-refractivity contribution in [3.63, 3.8) is 0 Å². The highest BCUT2D eigenvalue weighted by atomic mass is 32.2. The maximum atomic E-state index is 12.7. The summed E-state index contributed by atoms with van der Waals surface area (Å²) in [4.78, 5) is 27.6. The average molecular weight is 376 g/mol. The van der Waals surface area contributed by atoms with Crippen molar-refractivity contribution in [3.8, 4) is 0 Å². The molecule has 0 fully saturated rings. The van der Waals surface area contributed by atoms with Gasteiger partial charge in [-0.15, -0.1) is 11.8 Å². The Labute approximate surface area is 162 Å². The number of rotatable bonds is 4. The van der Waals surface area contributed by atoms with E-state index < -0.39 is 0 Å². The van der Waals surface area contributed by atoms with Crippen LogP contribution in [-0.4, -0.2) is 24.1 Å².